The van der Waals surface area contributed by atoms with E-state index in [2.05, 4.69) is 14.9 Å². The highest BCUT2D eigenvalue weighted by Gasteiger charge is 2.20. The Balaban J connectivity index is 2.13. The maximum Gasteiger partial charge on any atom is 0.241 e. The van der Waals surface area contributed by atoms with Crippen LogP contribution in [0.15, 0.2) is 29.2 Å². The Kier molecular flexibility index (Phi) is 4.87. The van der Waals surface area contributed by atoms with E-state index in [0.29, 0.717) is 17.7 Å². The molecule has 120 valence electrons. The lowest BCUT2D eigenvalue weighted by Crippen LogP contribution is -2.34. The second-order valence-corrected chi connectivity index (χ2v) is 7.08. The molecule has 0 aliphatic carbocycles. The number of hydrogen-bond acceptors (Lipinski definition) is 4. The van der Waals surface area contributed by atoms with E-state index in [1.165, 1.54) is 0 Å². The quantitative estimate of drug-likeness (QED) is 0.851. The van der Waals surface area contributed by atoms with Crippen molar-refractivity contribution in [3.63, 3.8) is 0 Å². The molecule has 0 saturated carbocycles. The van der Waals surface area contributed by atoms with Crippen molar-refractivity contribution in [2.24, 2.45) is 0 Å². The number of aromatic amines is 1. The normalized spacial score (nSPS) is 13.1. The molecule has 1 aromatic carbocycles. The molecule has 0 saturated heterocycles. The van der Waals surface area contributed by atoms with Gasteiger partial charge in [0.15, 0.2) is 0 Å². The van der Waals surface area contributed by atoms with Crippen molar-refractivity contribution in [1.82, 2.24) is 14.9 Å². The highest BCUT2D eigenvalue weighted by atomic mass is 32.2. The van der Waals surface area contributed by atoms with Gasteiger partial charge < -0.3 is 4.74 Å². The molecular formula is C15H21N3O3S. The monoisotopic (exact) mass is 323 g/mol. The molecule has 0 radical (unpaired) electrons. The molecule has 0 spiro atoms. The van der Waals surface area contributed by atoms with Gasteiger partial charge >= 0.3 is 0 Å². The summed E-state index contributed by atoms with van der Waals surface area (Å²) in [7, 11) is -2.02. The molecule has 1 aromatic heterocycles. The van der Waals surface area contributed by atoms with Gasteiger partial charge in [-0.1, -0.05) is 0 Å². The van der Waals surface area contributed by atoms with Crippen molar-refractivity contribution >= 4 is 10.0 Å². The van der Waals surface area contributed by atoms with Gasteiger partial charge in [-0.05, 0) is 50.6 Å². The molecule has 0 aliphatic rings. The average molecular weight is 323 g/mol. The first-order valence-corrected chi connectivity index (χ1v) is 8.48. The molecule has 2 rings (SSSR count). The highest BCUT2D eigenvalue weighted by molar-refractivity contribution is 7.89. The van der Waals surface area contributed by atoms with Gasteiger partial charge in [0.2, 0.25) is 10.0 Å². The average Bonchev–Trinajstić information content (AvgIpc) is 2.82. The number of ether oxygens (including phenoxy) is 1. The van der Waals surface area contributed by atoms with Gasteiger partial charge in [0.25, 0.3) is 0 Å². The zero-order chi connectivity index (χ0) is 16.3. The fourth-order valence-corrected chi connectivity index (χ4v) is 3.78. The summed E-state index contributed by atoms with van der Waals surface area (Å²) in [6.45, 7) is 5.48. The topological polar surface area (TPSA) is 84.1 Å². The van der Waals surface area contributed by atoms with E-state index in [4.69, 9.17) is 4.74 Å². The summed E-state index contributed by atoms with van der Waals surface area (Å²) in [5.41, 5.74) is 2.44. The number of benzene rings is 1. The van der Waals surface area contributed by atoms with Gasteiger partial charge in [0, 0.05) is 18.2 Å². The SMILES string of the molecule is COc1ccc(S(=O)(=O)N[C@@H](C)Cc2cc(C)[nH]n2)c(C)c1. The van der Waals surface area contributed by atoms with Gasteiger partial charge in [-0.25, -0.2) is 13.1 Å². The van der Waals surface area contributed by atoms with Crippen molar-refractivity contribution < 1.29 is 13.2 Å². The Labute approximate surface area is 130 Å². The Bertz CT molecular complexity index is 753. The number of sulfonamides is 1. The van der Waals surface area contributed by atoms with Crippen LogP contribution < -0.4 is 9.46 Å². The second-order valence-electron chi connectivity index (χ2n) is 5.40. The molecule has 2 N–H and O–H groups in total. The van der Waals surface area contributed by atoms with Crippen LogP contribution in [-0.4, -0.2) is 31.8 Å². The molecule has 0 fully saturated rings. The fourth-order valence-electron chi connectivity index (χ4n) is 2.31. The zero-order valence-corrected chi connectivity index (χ0v) is 14.0. The summed E-state index contributed by atoms with van der Waals surface area (Å²) in [5, 5.41) is 6.97. The lowest BCUT2D eigenvalue weighted by molar-refractivity contribution is 0.414. The van der Waals surface area contributed by atoms with Gasteiger partial charge in [-0.15, -0.1) is 0 Å². The predicted molar refractivity (Wildman–Crippen MR) is 84.5 cm³/mol. The number of methoxy groups -OCH3 is 1. The number of H-pyrrole nitrogens is 1. The van der Waals surface area contributed by atoms with Crippen LogP contribution >= 0.6 is 0 Å². The van der Waals surface area contributed by atoms with E-state index in [1.807, 2.05) is 19.9 Å². The third kappa shape index (κ3) is 3.86. The Morgan fingerprint density at radius 1 is 1.32 bits per heavy atom. The molecule has 6 nitrogen and oxygen atoms in total. The van der Waals surface area contributed by atoms with Crippen LogP contribution in [-0.2, 0) is 16.4 Å². The number of aryl methyl sites for hydroxylation is 2. The van der Waals surface area contributed by atoms with Gasteiger partial charge in [0.1, 0.15) is 5.75 Å². The first kappa shape index (κ1) is 16.5. The molecular weight excluding hydrogens is 302 g/mol. The van der Waals surface area contributed by atoms with E-state index in [-0.39, 0.29) is 10.9 Å². The Hall–Kier alpha value is -1.86. The lowest BCUT2D eigenvalue weighted by atomic mass is 10.2. The summed E-state index contributed by atoms with van der Waals surface area (Å²) in [6, 6.07) is 6.56. The minimum Gasteiger partial charge on any atom is -0.497 e. The number of aromatic nitrogens is 2. The molecule has 0 bridgehead atoms. The fraction of sp³-hybridized carbons (Fsp3) is 0.400. The smallest absolute Gasteiger partial charge is 0.241 e. The van der Waals surface area contributed by atoms with E-state index in [1.54, 1.807) is 32.2 Å². The first-order chi connectivity index (χ1) is 10.3. The van der Waals surface area contributed by atoms with Crippen LogP contribution in [0.3, 0.4) is 0 Å². The molecule has 0 unspecified atom stereocenters. The number of nitrogens with zero attached hydrogens (tertiary/aromatic N) is 1. The summed E-state index contributed by atoms with van der Waals surface area (Å²) in [6.07, 6.45) is 0.527. The summed E-state index contributed by atoms with van der Waals surface area (Å²) < 4.78 is 32.7. The number of hydrogen-bond donors (Lipinski definition) is 2. The van der Waals surface area contributed by atoms with E-state index in [9.17, 15) is 8.42 Å². The number of rotatable bonds is 6. The minimum absolute atomic E-state index is 0.255. The van der Waals surface area contributed by atoms with Crippen molar-refractivity contribution in [1.29, 1.82) is 0 Å². The Morgan fingerprint density at radius 3 is 2.59 bits per heavy atom. The van der Waals surface area contributed by atoms with Gasteiger partial charge in [-0.3, -0.25) is 5.10 Å². The van der Waals surface area contributed by atoms with Gasteiger partial charge in [0.05, 0.1) is 17.7 Å². The third-order valence-electron chi connectivity index (χ3n) is 3.30. The summed E-state index contributed by atoms with van der Waals surface area (Å²) in [4.78, 5) is 0.262. The maximum atomic E-state index is 12.5. The van der Waals surface area contributed by atoms with Crippen LogP contribution in [0.4, 0.5) is 0 Å². The lowest BCUT2D eigenvalue weighted by Gasteiger charge is -2.15. The van der Waals surface area contributed by atoms with Crippen LogP contribution in [0, 0.1) is 13.8 Å². The number of nitrogens with one attached hydrogen (secondary N) is 2. The molecule has 1 atom stereocenters. The predicted octanol–water partition coefficient (Wildman–Crippen LogP) is 1.94. The van der Waals surface area contributed by atoms with E-state index < -0.39 is 10.0 Å². The van der Waals surface area contributed by atoms with Crippen LogP contribution in [0.2, 0.25) is 0 Å². The third-order valence-corrected chi connectivity index (χ3v) is 5.05. The van der Waals surface area contributed by atoms with Crippen molar-refractivity contribution in [2.45, 2.75) is 38.1 Å². The summed E-state index contributed by atoms with van der Waals surface area (Å²) in [5.74, 6) is 0.636. The second kappa shape index (κ2) is 6.50. The molecule has 1 heterocycles. The first-order valence-electron chi connectivity index (χ1n) is 6.99. The standard InChI is InChI=1S/C15H21N3O3S/c1-10-7-14(21-4)5-6-15(10)22(19,20)18-12(3)9-13-8-11(2)16-17-13/h5-8,12,18H,9H2,1-4H3,(H,16,17)/t12-/m0/s1. The minimum atomic E-state index is -3.57. The molecule has 22 heavy (non-hydrogen) atoms. The van der Waals surface area contributed by atoms with Crippen molar-refractivity contribution in [2.75, 3.05) is 7.11 Å². The molecule has 2 aromatic rings. The van der Waals surface area contributed by atoms with Gasteiger partial charge in [-0.2, -0.15) is 5.10 Å². The van der Waals surface area contributed by atoms with E-state index >= 15 is 0 Å². The Morgan fingerprint density at radius 2 is 2.05 bits per heavy atom. The highest BCUT2D eigenvalue weighted by Crippen LogP contribution is 2.21. The van der Waals surface area contributed by atoms with E-state index in [0.717, 1.165) is 11.4 Å². The van der Waals surface area contributed by atoms with Crippen molar-refractivity contribution in [3.8, 4) is 5.75 Å². The molecule has 0 amide bonds. The molecule has 0 aliphatic heterocycles. The maximum absolute atomic E-state index is 12.5. The van der Waals surface area contributed by atoms with Crippen LogP contribution in [0.25, 0.3) is 0 Å². The van der Waals surface area contributed by atoms with Crippen LogP contribution in [0.5, 0.6) is 5.75 Å². The largest absolute Gasteiger partial charge is 0.497 e. The van der Waals surface area contributed by atoms with Crippen molar-refractivity contribution in [3.05, 3.63) is 41.2 Å². The molecule has 7 heteroatoms. The summed E-state index contributed by atoms with van der Waals surface area (Å²) >= 11 is 0. The zero-order valence-electron chi connectivity index (χ0n) is 13.2. The van der Waals surface area contributed by atoms with Crippen LogP contribution in [0.1, 0.15) is 23.9 Å².